The van der Waals surface area contributed by atoms with Crippen LogP contribution in [0.25, 0.3) is 0 Å². The number of rotatable bonds is 5. The van der Waals surface area contributed by atoms with Crippen molar-refractivity contribution in [2.24, 2.45) is 0 Å². The third kappa shape index (κ3) is 4.13. The SMILES string of the molecule is C=CCNC(=O)c1ccc2c(c1)N(Cc1ccc(Cl)cc1)C(=O)c1ccccc1S2. The summed E-state index contributed by atoms with van der Waals surface area (Å²) >= 11 is 7.55. The molecular weight excluding hydrogens is 416 g/mol. The summed E-state index contributed by atoms with van der Waals surface area (Å²) in [5.41, 5.74) is 2.80. The maximum absolute atomic E-state index is 13.5. The van der Waals surface area contributed by atoms with E-state index >= 15 is 0 Å². The van der Waals surface area contributed by atoms with E-state index in [0.29, 0.717) is 34.9 Å². The second-order valence-electron chi connectivity index (χ2n) is 6.80. The van der Waals surface area contributed by atoms with Crippen molar-refractivity contribution in [2.75, 3.05) is 11.4 Å². The van der Waals surface area contributed by atoms with Gasteiger partial charge in [-0.15, -0.1) is 6.58 Å². The van der Waals surface area contributed by atoms with Crippen LogP contribution in [0, 0.1) is 0 Å². The zero-order chi connectivity index (χ0) is 21.1. The van der Waals surface area contributed by atoms with Crippen LogP contribution in [0.2, 0.25) is 5.02 Å². The minimum atomic E-state index is -0.205. The summed E-state index contributed by atoms with van der Waals surface area (Å²) in [5, 5.41) is 3.43. The van der Waals surface area contributed by atoms with Crippen LogP contribution in [0.4, 0.5) is 5.69 Å². The highest BCUT2D eigenvalue weighted by atomic mass is 35.5. The Morgan fingerprint density at radius 1 is 1.07 bits per heavy atom. The van der Waals surface area contributed by atoms with Gasteiger partial charge < -0.3 is 10.2 Å². The fourth-order valence-electron chi connectivity index (χ4n) is 3.26. The number of anilines is 1. The first-order valence-electron chi connectivity index (χ1n) is 9.43. The molecule has 1 aliphatic heterocycles. The fraction of sp³-hybridized carbons (Fsp3) is 0.0833. The largest absolute Gasteiger partial charge is 0.349 e. The first-order valence-corrected chi connectivity index (χ1v) is 10.6. The van der Waals surface area contributed by atoms with E-state index in [0.717, 1.165) is 15.4 Å². The molecule has 0 saturated carbocycles. The Bertz CT molecular complexity index is 1130. The number of halogens is 1. The predicted molar refractivity (Wildman–Crippen MR) is 122 cm³/mol. The number of benzene rings is 3. The maximum atomic E-state index is 13.5. The topological polar surface area (TPSA) is 49.4 Å². The molecule has 1 heterocycles. The molecule has 0 spiro atoms. The number of hydrogen-bond donors (Lipinski definition) is 1. The highest BCUT2D eigenvalue weighted by Gasteiger charge is 2.28. The van der Waals surface area contributed by atoms with Crippen LogP contribution < -0.4 is 10.2 Å². The van der Waals surface area contributed by atoms with Crippen LogP contribution in [-0.2, 0) is 6.54 Å². The van der Waals surface area contributed by atoms with Gasteiger partial charge in [0, 0.05) is 26.9 Å². The van der Waals surface area contributed by atoms with Gasteiger partial charge in [-0.05, 0) is 48.0 Å². The quantitative estimate of drug-likeness (QED) is 0.534. The van der Waals surface area contributed by atoms with Gasteiger partial charge in [-0.1, -0.05) is 53.7 Å². The summed E-state index contributed by atoms with van der Waals surface area (Å²) in [7, 11) is 0. The van der Waals surface area contributed by atoms with Crippen molar-refractivity contribution in [1.29, 1.82) is 0 Å². The normalized spacial score (nSPS) is 12.6. The molecule has 0 aliphatic carbocycles. The van der Waals surface area contributed by atoms with Gasteiger partial charge in [0.2, 0.25) is 0 Å². The molecule has 1 N–H and O–H groups in total. The van der Waals surface area contributed by atoms with E-state index in [1.54, 1.807) is 23.1 Å². The first-order chi connectivity index (χ1) is 14.6. The molecule has 2 amide bonds. The zero-order valence-electron chi connectivity index (χ0n) is 16.1. The van der Waals surface area contributed by atoms with Gasteiger partial charge in [0.05, 0.1) is 17.8 Å². The van der Waals surface area contributed by atoms with Crippen molar-refractivity contribution in [3.63, 3.8) is 0 Å². The second kappa shape index (κ2) is 8.78. The molecular formula is C24H19ClN2O2S. The third-order valence-corrected chi connectivity index (χ3v) is 6.15. The Labute approximate surface area is 184 Å². The summed E-state index contributed by atoms with van der Waals surface area (Å²) in [6.45, 7) is 4.38. The fourth-order valence-corrected chi connectivity index (χ4v) is 4.44. The van der Waals surface area contributed by atoms with Crippen LogP contribution >= 0.6 is 23.4 Å². The van der Waals surface area contributed by atoms with Gasteiger partial charge in [0.1, 0.15) is 0 Å². The van der Waals surface area contributed by atoms with Crippen LogP contribution in [0.1, 0.15) is 26.3 Å². The monoisotopic (exact) mass is 434 g/mol. The summed E-state index contributed by atoms with van der Waals surface area (Å²) in [6, 6.07) is 20.4. The van der Waals surface area contributed by atoms with Gasteiger partial charge in [-0.2, -0.15) is 0 Å². The number of amides is 2. The van der Waals surface area contributed by atoms with Crippen molar-refractivity contribution in [1.82, 2.24) is 5.32 Å². The Hall–Kier alpha value is -3.02. The lowest BCUT2D eigenvalue weighted by Crippen LogP contribution is -2.31. The van der Waals surface area contributed by atoms with Gasteiger partial charge in [0.25, 0.3) is 11.8 Å². The standard InChI is InChI=1S/C24H19ClN2O2S/c1-2-13-26-23(28)17-9-12-22-20(14-17)27(15-16-7-10-18(25)11-8-16)24(29)19-5-3-4-6-21(19)30-22/h2-12,14H,1,13,15H2,(H,26,28). The molecule has 4 rings (SSSR count). The molecule has 6 heteroatoms. The highest BCUT2D eigenvalue weighted by Crippen LogP contribution is 2.42. The van der Waals surface area contributed by atoms with Crippen molar-refractivity contribution in [3.8, 4) is 0 Å². The molecule has 0 saturated heterocycles. The van der Waals surface area contributed by atoms with E-state index in [1.165, 1.54) is 11.8 Å². The van der Waals surface area contributed by atoms with Crippen LogP contribution in [0.3, 0.4) is 0 Å². The van der Waals surface area contributed by atoms with Gasteiger partial charge >= 0.3 is 0 Å². The van der Waals surface area contributed by atoms with E-state index < -0.39 is 0 Å². The molecule has 1 aliphatic rings. The molecule has 30 heavy (non-hydrogen) atoms. The minimum Gasteiger partial charge on any atom is -0.349 e. The number of nitrogens with one attached hydrogen (secondary N) is 1. The number of hydrogen-bond acceptors (Lipinski definition) is 3. The first kappa shape index (κ1) is 20.3. The average Bonchev–Trinajstić information content (AvgIpc) is 2.88. The van der Waals surface area contributed by atoms with Crippen molar-refractivity contribution >= 4 is 40.9 Å². The molecule has 0 fully saturated rings. The predicted octanol–water partition coefficient (Wildman–Crippen LogP) is 5.57. The number of carbonyl (C=O) groups excluding carboxylic acids is 2. The Morgan fingerprint density at radius 3 is 2.60 bits per heavy atom. The van der Waals surface area contributed by atoms with E-state index in [9.17, 15) is 9.59 Å². The molecule has 0 aromatic heterocycles. The summed E-state index contributed by atoms with van der Waals surface area (Å²) in [4.78, 5) is 29.5. The number of fused-ring (bicyclic) bond motifs is 2. The minimum absolute atomic E-state index is 0.101. The number of carbonyl (C=O) groups is 2. The van der Waals surface area contributed by atoms with Crippen LogP contribution in [-0.4, -0.2) is 18.4 Å². The van der Waals surface area contributed by atoms with E-state index in [2.05, 4.69) is 11.9 Å². The molecule has 0 bridgehead atoms. The lowest BCUT2D eigenvalue weighted by atomic mass is 10.1. The molecule has 0 radical (unpaired) electrons. The summed E-state index contributed by atoms with van der Waals surface area (Å²) in [6.07, 6.45) is 1.63. The van der Waals surface area contributed by atoms with Crippen molar-refractivity contribution < 1.29 is 9.59 Å². The Kier molecular flexibility index (Phi) is 5.93. The second-order valence-corrected chi connectivity index (χ2v) is 8.32. The lowest BCUT2D eigenvalue weighted by molar-refractivity contribution is 0.0953. The Morgan fingerprint density at radius 2 is 1.83 bits per heavy atom. The van der Waals surface area contributed by atoms with Crippen molar-refractivity contribution in [2.45, 2.75) is 16.3 Å². The molecule has 0 unspecified atom stereocenters. The van der Waals surface area contributed by atoms with Crippen LogP contribution in [0.15, 0.2) is 89.2 Å². The Balaban J connectivity index is 1.79. The van der Waals surface area contributed by atoms with E-state index in [4.69, 9.17) is 11.6 Å². The molecule has 4 nitrogen and oxygen atoms in total. The van der Waals surface area contributed by atoms with Gasteiger partial charge in [0.15, 0.2) is 0 Å². The molecule has 3 aromatic rings. The van der Waals surface area contributed by atoms with Crippen LogP contribution in [0.5, 0.6) is 0 Å². The zero-order valence-corrected chi connectivity index (χ0v) is 17.7. The van der Waals surface area contributed by atoms with Gasteiger partial charge in [-0.25, -0.2) is 0 Å². The summed E-state index contributed by atoms with van der Waals surface area (Å²) in [5.74, 6) is -0.307. The van der Waals surface area contributed by atoms with E-state index in [-0.39, 0.29) is 11.8 Å². The number of nitrogens with zero attached hydrogens (tertiary/aromatic N) is 1. The van der Waals surface area contributed by atoms with Crippen molar-refractivity contribution in [3.05, 3.63) is 101 Å². The smallest absolute Gasteiger partial charge is 0.259 e. The highest BCUT2D eigenvalue weighted by molar-refractivity contribution is 7.99. The third-order valence-electron chi connectivity index (χ3n) is 4.76. The molecule has 3 aromatic carbocycles. The lowest BCUT2D eigenvalue weighted by Gasteiger charge is -2.24. The molecule has 0 atom stereocenters. The average molecular weight is 435 g/mol. The molecule has 150 valence electrons. The van der Waals surface area contributed by atoms with E-state index in [1.807, 2.05) is 54.6 Å². The van der Waals surface area contributed by atoms with Gasteiger partial charge in [-0.3, -0.25) is 9.59 Å². The maximum Gasteiger partial charge on any atom is 0.259 e. The summed E-state index contributed by atoms with van der Waals surface area (Å²) < 4.78 is 0.